The second kappa shape index (κ2) is 48.7. The molecular weight excluding hydrogens is 925 g/mol. The average molecular weight is 1050 g/mol. The maximum Gasteiger partial charge on any atom is 0.227 e. The van der Waals surface area contributed by atoms with Gasteiger partial charge in [0.2, 0.25) is 11.9 Å². The predicted octanol–water partition coefficient (Wildman–Crippen LogP) is 17.4. The number of hydrogen-bond acceptors (Lipinski definition) is 11. The maximum atomic E-state index is 4.89. The standard InChI is InChI=1S/C18H29N5.C17H25N5.C9H18.2C3H8.C3H6.2C2H7N.3C2H6/c1-4-19-16-14(3)20-18(23-11-5-6-12-23)22-17(16)21-15-9-7-13(2)8-10-15;1-3-13-6-7-14(10-13)22-11-18-15-12(2)19-17(20-16(15)22)21-8-4-5-9-21;1-4-9-6-7(2)5-8(9)3;5*1-3-2;3*1-2/h4,13,15H,5-12H2,1-3H3,(H,20,21,22);11,13-14H,3-10H2,1-2H3;7-9H,4-6H2,1-3H3;2*3H2,1-2H3;3H,1H2,2H3;2*3H,1-2H3;3*1-2H3/t;;7?,8-,9?;;;;;;;;/m..0......../s1. The molecule has 3 aromatic heterocycles. The third kappa shape index (κ3) is 29.6. The van der Waals surface area contributed by atoms with Crippen molar-refractivity contribution < 1.29 is 0 Å². The Labute approximate surface area is 466 Å². The molecule has 0 bridgehead atoms. The SMILES string of the molecule is C=CC.CC.CC.CC.CC=Nc1c(C)nc(N2CCCC2)nc1NC1CCC(C)CC1.CCC.CCC.CCC1CC(C)C[C@@H]1C.CCC1CCC(n2cnc3c(C)nc(N4CCCC4)nc32)C1.CNC.CNC. The van der Waals surface area contributed by atoms with Crippen LogP contribution in [-0.4, -0.2) is 96.1 Å². The number of aliphatic imine (C=N–C) groups is 1. The van der Waals surface area contributed by atoms with Crippen molar-refractivity contribution in [3.8, 4) is 0 Å². The molecule has 438 valence electrons. The second-order valence-electron chi connectivity index (χ2n) is 20.4. The molecule has 5 atom stereocenters. The van der Waals surface area contributed by atoms with E-state index in [-0.39, 0.29) is 0 Å². The molecule has 5 aliphatic rings. The molecule has 3 N–H and O–H groups in total. The molecule has 2 aliphatic heterocycles. The van der Waals surface area contributed by atoms with Crippen LogP contribution >= 0.6 is 0 Å². The smallest absolute Gasteiger partial charge is 0.227 e. The van der Waals surface area contributed by atoms with Gasteiger partial charge < -0.3 is 30.3 Å². The normalized spacial score (nSPS) is 21.8. The molecule has 75 heavy (non-hydrogen) atoms. The molecule has 2 saturated heterocycles. The van der Waals surface area contributed by atoms with Crippen LogP contribution in [0.3, 0.4) is 0 Å². The highest BCUT2D eigenvalue weighted by Gasteiger charge is 2.29. The van der Waals surface area contributed by atoms with Gasteiger partial charge >= 0.3 is 0 Å². The van der Waals surface area contributed by atoms with E-state index in [1.807, 2.05) is 103 Å². The lowest BCUT2D eigenvalue weighted by atomic mass is 9.87. The highest BCUT2D eigenvalue weighted by molar-refractivity contribution is 5.75. The van der Waals surface area contributed by atoms with Crippen molar-refractivity contribution in [3.63, 3.8) is 0 Å². The van der Waals surface area contributed by atoms with Gasteiger partial charge in [0.05, 0.1) is 17.7 Å². The molecule has 3 aliphatic carbocycles. The van der Waals surface area contributed by atoms with Gasteiger partial charge in [-0.3, -0.25) is 4.99 Å². The molecule has 12 nitrogen and oxygen atoms in total. The summed E-state index contributed by atoms with van der Waals surface area (Å²) in [6.07, 6.45) is 27.6. The lowest BCUT2D eigenvalue weighted by molar-refractivity contribution is 0.361. The summed E-state index contributed by atoms with van der Waals surface area (Å²) in [5.74, 6) is 7.44. The van der Waals surface area contributed by atoms with Gasteiger partial charge in [0.1, 0.15) is 11.2 Å². The minimum absolute atomic E-state index is 0.512. The number of rotatable bonds is 8. The molecule has 5 fully saturated rings. The lowest BCUT2D eigenvalue weighted by Crippen LogP contribution is -2.27. The Balaban J connectivity index is -0.000000914. The van der Waals surface area contributed by atoms with Gasteiger partial charge in [-0.15, -0.1) is 6.58 Å². The first kappa shape index (κ1) is 75.6. The van der Waals surface area contributed by atoms with Crippen molar-refractivity contribution in [2.24, 2.45) is 34.6 Å². The van der Waals surface area contributed by atoms with Crippen molar-refractivity contribution in [2.45, 2.75) is 253 Å². The predicted molar refractivity (Wildman–Crippen MR) is 338 cm³/mol. The van der Waals surface area contributed by atoms with E-state index in [0.29, 0.717) is 12.1 Å². The first-order valence-electron chi connectivity index (χ1n) is 30.8. The molecule has 8 rings (SSSR count). The number of nitrogens with one attached hydrogen (secondary N) is 3. The molecule has 0 amide bonds. The van der Waals surface area contributed by atoms with Crippen molar-refractivity contribution in [1.82, 2.24) is 40.1 Å². The Hall–Kier alpha value is -3.64. The Bertz CT molecular complexity index is 1760. The summed E-state index contributed by atoms with van der Waals surface area (Å²) in [4.78, 5) is 32.8. The quantitative estimate of drug-likeness (QED) is 0.148. The summed E-state index contributed by atoms with van der Waals surface area (Å²) in [5, 5.41) is 9.17. The zero-order chi connectivity index (χ0) is 57.7. The van der Waals surface area contributed by atoms with E-state index >= 15 is 0 Å². The fraction of sp³-hybridized carbons (Fsp3) is 0.810. The Morgan fingerprint density at radius 2 is 1.09 bits per heavy atom. The largest absolute Gasteiger partial charge is 0.365 e. The summed E-state index contributed by atoms with van der Waals surface area (Å²) in [7, 11) is 7.50. The van der Waals surface area contributed by atoms with E-state index in [2.05, 4.69) is 116 Å². The van der Waals surface area contributed by atoms with Crippen LogP contribution in [0.15, 0.2) is 24.0 Å². The summed E-state index contributed by atoms with van der Waals surface area (Å²) in [6.45, 7) is 47.8. The van der Waals surface area contributed by atoms with Gasteiger partial charge in [0.25, 0.3) is 0 Å². The Kier molecular flexibility index (Phi) is 49.1. The van der Waals surface area contributed by atoms with Crippen LogP contribution in [0.25, 0.3) is 11.2 Å². The minimum atomic E-state index is 0.512. The highest BCUT2D eigenvalue weighted by Crippen LogP contribution is 2.39. The van der Waals surface area contributed by atoms with Crippen LogP contribution in [0, 0.1) is 43.4 Å². The number of aryl methyl sites for hydroxylation is 2. The zero-order valence-corrected chi connectivity index (χ0v) is 53.9. The van der Waals surface area contributed by atoms with Gasteiger partial charge in [-0.25, -0.2) is 15.0 Å². The fourth-order valence-electron chi connectivity index (χ4n) is 9.88. The van der Waals surface area contributed by atoms with Gasteiger partial charge in [-0.2, -0.15) is 9.97 Å². The summed E-state index contributed by atoms with van der Waals surface area (Å²) in [6, 6.07) is 1.08. The molecule has 0 radical (unpaired) electrons. The first-order valence-corrected chi connectivity index (χ1v) is 30.8. The summed E-state index contributed by atoms with van der Waals surface area (Å²) in [5.41, 5.74) is 4.88. The van der Waals surface area contributed by atoms with Crippen LogP contribution in [0.1, 0.15) is 244 Å². The fourth-order valence-corrected chi connectivity index (χ4v) is 9.88. The van der Waals surface area contributed by atoms with Crippen molar-refractivity contribution in [1.29, 1.82) is 0 Å². The number of anilines is 3. The van der Waals surface area contributed by atoms with Gasteiger partial charge in [0, 0.05) is 44.5 Å². The molecule has 3 saturated carbocycles. The van der Waals surface area contributed by atoms with Crippen LogP contribution in [0.5, 0.6) is 0 Å². The van der Waals surface area contributed by atoms with Crippen LogP contribution < -0.4 is 25.8 Å². The van der Waals surface area contributed by atoms with Gasteiger partial charge in [-0.05, 0) is 169 Å². The zero-order valence-electron chi connectivity index (χ0n) is 53.9. The molecule has 0 spiro atoms. The van der Waals surface area contributed by atoms with E-state index in [4.69, 9.17) is 19.9 Å². The van der Waals surface area contributed by atoms with Gasteiger partial charge in [-0.1, -0.05) is 136 Å². The molecule has 0 aromatic carbocycles. The molecule has 12 heteroatoms. The number of hydrogen-bond donors (Lipinski definition) is 3. The first-order chi connectivity index (χ1) is 36.2. The minimum Gasteiger partial charge on any atom is -0.365 e. The van der Waals surface area contributed by atoms with E-state index in [9.17, 15) is 0 Å². The summed E-state index contributed by atoms with van der Waals surface area (Å²) >= 11 is 0. The van der Waals surface area contributed by atoms with Crippen molar-refractivity contribution in [2.75, 3.05) is 69.5 Å². The van der Waals surface area contributed by atoms with E-state index in [0.717, 1.165) is 102 Å². The number of fused-ring (bicyclic) bond motifs is 1. The monoisotopic (exact) mass is 1050 g/mol. The number of aromatic nitrogens is 6. The van der Waals surface area contributed by atoms with Gasteiger partial charge in [0.15, 0.2) is 11.5 Å². The van der Waals surface area contributed by atoms with E-state index in [1.165, 1.54) is 109 Å². The third-order valence-corrected chi connectivity index (χ3v) is 13.3. The topological polar surface area (TPSA) is 124 Å². The van der Waals surface area contributed by atoms with Crippen molar-refractivity contribution >= 4 is 40.8 Å². The lowest BCUT2D eigenvalue weighted by Gasteiger charge is -2.28. The Morgan fingerprint density at radius 3 is 1.49 bits per heavy atom. The van der Waals surface area contributed by atoms with E-state index in [1.54, 1.807) is 6.08 Å². The third-order valence-electron chi connectivity index (χ3n) is 13.3. The number of nitrogens with zero attached hydrogens (tertiary/aromatic N) is 9. The van der Waals surface area contributed by atoms with Crippen LogP contribution in [0.4, 0.5) is 23.4 Å². The molecule has 3 aromatic rings. The highest BCUT2D eigenvalue weighted by atomic mass is 15.3. The average Bonchev–Trinajstić information content (AvgIpc) is 4.29. The summed E-state index contributed by atoms with van der Waals surface area (Å²) < 4.78 is 2.32. The molecule has 4 unspecified atom stereocenters. The van der Waals surface area contributed by atoms with Crippen LogP contribution in [-0.2, 0) is 0 Å². The number of allylic oxidation sites excluding steroid dienone is 1. The van der Waals surface area contributed by atoms with Crippen molar-refractivity contribution in [3.05, 3.63) is 30.4 Å². The van der Waals surface area contributed by atoms with E-state index < -0.39 is 0 Å². The Morgan fingerprint density at radius 1 is 0.627 bits per heavy atom. The maximum absolute atomic E-state index is 4.89. The number of imidazole rings is 1. The second-order valence-corrected chi connectivity index (χ2v) is 20.4. The van der Waals surface area contributed by atoms with Crippen LogP contribution in [0.2, 0.25) is 0 Å². The molecular formula is C63H126N12. The molecule has 5 heterocycles.